The zero-order chi connectivity index (χ0) is 21.2. The second-order valence-electron chi connectivity index (χ2n) is 6.32. The fourth-order valence-corrected chi connectivity index (χ4v) is 3.78. The fourth-order valence-electron chi connectivity index (χ4n) is 2.75. The number of fused-ring (bicyclic) bond motifs is 1. The first-order chi connectivity index (χ1) is 13.5. The van der Waals surface area contributed by atoms with Crippen LogP contribution in [-0.4, -0.2) is 26.8 Å². The first kappa shape index (κ1) is 20.8. The first-order valence-electron chi connectivity index (χ1n) is 8.44. The summed E-state index contributed by atoms with van der Waals surface area (Å²) < 4.78 is 64.6. The average molecular weight is 427 g/mol. The average Bonchev–Trinajstić information content (AvgIpc) is 2.66. The van der Waals surface area contributed by atoms with Gasteiger partial charge in [-0.2, -0.15) is 13.2 Å². The number of sulfonamides is 1. The van der Waals surface area contributed by atoms with E-state index < -0.39 is 39.1 Å². The number of aryl methyl sites for hydroxylation is 1. The predicted molar refractivity (Wildman–Crippen MR) is 98.7 cm³/mol. The number of nitrogens with one attached hydrogen (secondary N) is 3. The molecule has 0 aromatic heterocycles. The van der Waals surface area contributed by atoms with Crippen molar-refractivity contribution in [1.29, 1.82) is 0 Å². The van der Waals surface area contributed by atoms with Gasteiger partial charge in [0, 0.05) is 17.8 Å². The Morgan fingerprint density at radius 3 is 2.59 bits per heavy atom. The highest BCUT2D eigenvalue weighted by atomic mass is 32.2. The smallest absolute Gasteiger partial charge is 0.326 e. The van der Waals surface area contributed by atoms with E-state index in [4.69, 9.17) is 0 Å². The van der Waals surface area contributed by atoms with Crippen molar-refractivity contribution in [2.24, 2.45) is 0 Å². The summed E-state index contributed by atoms with van der Waals surface area (Å²) in [5.74, 6) is -0.793. The molecule has 0 aliphatic carbocycles. The van der Waals surface area contributed by atoms with Crippen molar-refractivity contribution in [3.05, 3.63) is 53.6 Å². The van der Waals surface area contributed by atoms with Crippen molar-refractivity contribution >= 4 is 33.2 Å². The maximum atomic E-state index is 12.8. The van der Waals surface area contributed by atoms with E-state index >= 15 is 0 Å². The Morgan fingerprint density at radius 1 is 1.10 bits per heavy atom. The van der Waals surface area contributed by atoms with Gasteiger partial charge in [0.1, 0.15) is 0 Å². The van der Waals surface area contributed by atoms with Crippen LogP contribution in [0.2, 0.25) is 0 Å². The summed E-state index contributed by atoms with van der Waals surface area (Å²) in [7, 11) is -4.31. The molecule has 2 amide bonds. The molecule has 0 atom stereocenters. The molecule has 1 aliphatic heterocycles. The number of hydrogen-bond donors (Lipinski definition) is 3. The van der Waals surface area contributed by atoms with Crippen LogP contribution in [0.4, 0.5) is 24.5 Å². The van der Waals surface area contributed by atoms with E-state index in [1.165, 1.54) is 0 Å². The highest BCUT2D eigenvalue weighted by Gasteiger charge is 2.31. The lowest BCUT2D eigenvalue weighted by Gasteiger charge is -2.17. The summed E-state index contributed by atoms with van der Waals surface area (Å²) in [4.78, 5) is 22.8. The van der Waals surface area contributed by atoms with Crippen LogP contribution in [-0.2, 0) is 32.2 Å². The first-order valence-corrected chi connectivity index (χ1v) is 9.92. The molecule has 154 valence electrons. The standard InChI is InChI=1S/C18H16F3N3O4S/c19-18(20,21)12-2-1-3-14(9-12)29(27,28)22-10-17(26)23-13-5-6-15-11(8-13)4-7-16(25)24-15/h1-3,5-6,8-9,22H,4,7,10H2,(H,23,26)(H,24,25). The van der Waals surface area contributed by atoms with Gasteiger partial charge in [0.15, 0.2) is 0 Å². The summed E-state index contributed by atoms with van der Waals surface area (Å²) >= 11 is 0. The SMILES string of the molecule is O=C(CNS(=O)(=O)c1cccc(C(F)(F)F)c1)Nc1ccc2c(c1)CCC(=O)N2. The molecule has 0 saturated heterocycles. The lowest BCUT2D eigenvalue weighted by Crippen LogP contribution is -2.33. The fraction of sp³-hybridized carbons (Fsp3) is 0.222. The van der Waals surface area contributed by atoms with Crippen LogP contribution in [0.15, 0.2) is 47.4 Å². The molecule has 7 nitrogen and oxygen atoms in total. The molecule has 11 heteroatoms. The minimum Gasteiger partial charge on any atom is -0.326 e. The molecule has 0 saturated carbocycles. The number of carbonyl (C=O) groups excluding carboxylic acids is 2. The van der Waals surface area contributed by atoms with E-state index in [9.17, 15) is 31.2 Å². The van der Waals surface area contributed by atoms with Crippen molar-refractivity contribution in [2.45, 2.75) is 23.9 Å². The van der Waals surface area contributed by atoms with E-state index in [2.05, 4.69) is 10.6 Å². The molecule has 0 spiro atoms. The van der Waals surface area contributed by atoms with Crippen LogP contribution in [0.25, 0.3) is 0 Å². The number of amides is 2. The van der Waals surface area contributed by atoms with Gasteiger partial charge in [0.25, 0.3) is 0 Å². The second kappa shape index (κ2) is 7.84. The van der Waals surface area contributed by atoms with Crippen molar-refractivity contribution in [1.82, 2.24) is 4.72 Å². The second-order valence-corrected chi connectivity index (χ2v) is 8.09. The minimum absolute atomic E-state index is 0.0988. The van der Waals surface area contributed by atoms with Gasteiger partial charge in [-0.05, 0) is 48.4 Å². The zero-order valence-corrected chi connectivity index (χ0v) is 15.7. The summed E-state index contributed by atoms with van der Waals surface area (Å²) in [6, 6.07) is 8.06. The number of carbonyl (C=O) groups is 2. The summed E-state index contributed by atoms with van der Waals surface area (Å²) in [5.41, 5.74) is 0.769. The number of hydrogen-bond acceptors (Lipinski definition) is 4. The molecule has 0 fully saturated rings. The Hall–Kier alpha value is -2.92. The maximum Gasteiger partial charge on any atom is 0.416 e. The quantitative estimate of drug-likeness (QED) is 0.682. The topological polar surface area (TPSA) is 104 Å². The molecular weight excluding hydrogens is 411 g/mol. The van der Waals surface area contributed by atoms with Gasteiger partial charge < -0.3 is 10.6 Å². The van der Waals surface area contributed by atoms with Crippen LogP contribution < -0.4 is 15.4 Å². The van der Waals surface area contributed by atoms with Crippen molar-refractivity contribution in [2.75, 3.05) is 17.2 Å². The molecule has 0 unspecified atom stereocenters. The maximum absolute atomic E-state index is 12.8. The van der Waals surface area contributed by atoms with Gasteiger partial charge in [-0.3, -0.25) is 9.59 Å². The van der Waals surface area contributed by atoms with Crippen molar-refractivity contribution in [3.8, 4) is 0 Å². The van der Waals surface area contributed by atoms with Gasteiger partial charge in [-0.1, -0.05) is 6.07 Å². The minimum atomic E-state index is -4.69. The van der Waals surface area contributed by atoms with E-state index in [0.717, 1.165) is 23.8 Å². The lowest BCUT2D eigenvalue weighted by molar-refractivity contribution is -0.137. The highest BCUT2D eigenvalue weighted by Crippen LogP contribution is 2.30. The molecule has 3 rings (SSSR count). The monoisotopic (exact) mass is 427 g/mol. The summed E-state index contributed by atoms with van der Waals surface area (Å²) in [6.45, 7) is -0.660. The number of rotatable bonds is 5. The summed E-state index contributed by atoms with van der Waals surface area (Å²) in [6.07, 6.45) is -3.86. The highest BCUT2D eigenvalue weighted by molar-refractivity contribution is 7.89. The van der Waals surface area contributed by atoms with Gasteiger partial charge in [0.05, 0.1) is 17.0 Å². The lowest BCUT2D eigenvalue weighted by atomic mass is 10.0. The Kier molecular flexibility index (Phi) is 5.62. The van der Waals surface area contributed by atoms with Gasteiger partial charge >= 0.3 is 6.18 Å². The predicted octanol–water partition coefficient (Wildman–Crippen LogP) is 2.51. The third kappa shape index (κ3) is 5.12. The van der Waals surface area contributed by atoms with Crippen LogP contribution in [0.3, 0.4) is 0 Å². The van der Waals surface area contributed by atoms with E-state index in [1.54, 1.807) is 18.2 Å². The number of alkyl halides is 3. The van der Waals surface area contributed by atoms with E-state index in [1.807, 2.05) is 4.72 Å². The zero-order valence-electron chi connectivity index (χ0n) is 14.8. The van der Waals surface area contributed by atoms with E-state index in [-0.39, 0.29) is 5.91 Å². The molecule has 0 bridgehead atoms. The molecule has 2 aromatic carbocycles. The number of benzene rings is 2. The van der Waals surface area contributed by atoms with Crippen molar-refractivity contribution in [3.63, 3.8) is 0 Å². The molecule has 29 heavy (non-hydrogen) atoms. The molecule has 1 heterocycles. The van der Waals surface area contributed by atoms with Crippen LogP contribution in [0.5, 0.6) is 0 Å². The van der Waals surface area contributed by atoms with Crippen LogP contribution >= 0.6 is 0 Å². The Balaban J connectivity index is 1.64. The molecule has 0 radical (unpaired) electrons. The molecular formula is C18H16F3N3O4S. The number of anilines is 2. The Morgan fingerprint density at radius 2 is 1.86 bits per heavy atom. The Labute approximate surface area is 164 Å². The van der Waals surface area contributed by atoms with E-state index in [0.29, 0.717) is 30.3 Å². The van der Waals surface area contributed by atoms with Gasteiger partial charge in [-0.25, -0.2) is 13.1 Å². The van der Waals surface area contributed by atoms with Crippen LogP contribution in [0, 0.1) is 0 Å². The normalized spacial score (nSPS) is 14.1. The number of halogens is 3. The summed E-state index contributed by atoms with van der Waals surface area (Å²) in [5, 5.41) is 5.20. The molecule has 3 N–H and O–H groups in total. The molecule has 1 aliphatic rings. The van der Waals surface area contributed by atoms with Crippen molar-refractivity contribution < 1.29 is 31.2 Å². The van der Waals surface area contributed by atoms with Gasteiger partial charge in [-0.15, -0.1) is 0 Å². The van der Waals surface area contributed by atoms with Gasteiger partial charge in [0.2, 0.25) is 21.8 Å². The van der Waals surface area contributed by atoms with Crippen LogP contribution in [0.1, 0.15) is 17.5 Å². The third-order valence-electron chi connectivity index (χ3n) is 4.18. The molecule has 2 aromatic rings. The third-order valence-corrected chi connectivity index (χ3v) is 5.58. The Bertz CT molecular complexity index is 1070. The largest absolute Gasteiger partial charge is 0.416 e.